The van der Waals surface area contributed by atoms with Gasteiger partial charge in [0.25, 0.3) is 0 Å². The van der Waals surface area contributed by atoms with E-state index in [-0.39, 0.29) is 4.90 Å². The summed E-state index contributed by atoms with van der Waals surface area (Å²) in [5.74, 6) is 1.43. The molecule has 8 heteroatoms. The molecule has 1 aliphatic rings. The molecule has 2 heterocycles. The fraction of sp³-hybridized carbons (Fsp3) is 0.304. The van der Waals surface area contributed by atoms with Crippen LogP contribution in [0.3, 0.4) is 0 Å². The maximum atomic E-state index is 13.7. The van der Waals surface area contributed by atoms with Crippen LogP contribution in [-0.4, -0.2) is 45.2 Å². The highest BCUT2D eigenvalue weighted by Crippen LogP contribution is 2.44. The van der Waals surface area contributed by atoms with E-state index < -0.39 is 16.1 Å². The molecule has 0 bridgehead atoms. The number of nitrogens with zero attached hydrogens (tertiary/aromatic N) is 2. The normalized spacial score (nSPS) is 16.6. The first-order valence-electron chi connectivity index (χ1n) is 9.94. The minimum atomic E-state index is -3.74. The monoisotopic (exact) mass is 442 g/mol. The van der Waals surface area contributed by atoms with Gasteiger partial charge in [-0.15, -0.1) is 0 Å². The summed E-state index contributed by atoms with van der Waals surface area (Å²) in [5.41, 5.74) is 2.63. The van der Waals surface area contributed by atoms with Crippen LogP contribution >= 0.6 is 0 Å². The molecule has 0 saturated carbocycles. The Balaban J connectivity index is 1.90. The van der Waals surface area contributed by atoms with Crippen molar-refractivity contribution >= 4 is 10.0 Å². The molecule has 0 fully saturated rings. The molecular formula is C23H26N2O5S. The van der Waals surface area contributed by atoms with Gasteiger partial charge in [0.2, 0.25) is 15.8 Å². The molecule has 0 unspecified atom stereocenters. The van der Waals surface area contributed by atoms with Gasteiger partial charge in [-0.05, 0) is 48.9 Å². The smallest absolute Gasteiger partial charge is 0.244 e. The number of sulfonamides is 1. The van der Waals surface area contributed by atoms with E-state index in [1.54, 1.807) is 37.8 Å². The third-order valence-corrected chi connectivity index (χ3v) is 7.50. The van der Waals surface area contributed by atoms with Crippen LogP contribution in [0.4, 0.5) is 0 Å². The molecule has 0 spiro atoms. The minimum Gasteiger partial charge on any atom is -0.493 e. The number of hydrogen-bond acceptors (Lipinski definition) is 5. The summed E-state index contributed by atoms with van der Waals surface area (Å²) in [6.07, 6.45) is 1.97. The van der Waals surface area contributed by atoms with E-state index in [2.05, 4.69) is 4.57 Å². The molecule has 4 rings (SSSR count). The lowest BCUT2D eigenvalue weighted by Gasteiger charge is -2.36. The Bertz CT molecular complexity index is 1160. The molecule has 31 heavy (non-hydrogen) atoms. The molecule has 7 nitrogen and oxygen atoms in total. The van der Waals surface area contributed by atoms with Crippen LogP contribution in [0.25, 0.3) is 0 Å². The van der Waals surface area contributed by atoms with Crippen molar-refractivity contribution in [2.24, 2.45) is 0 Å². The second kappa shape index (κ2) is 8.28. The van der Waals surface area contributed by atoms with Crippen molar-refractivity contribution in [2.75, 3.05) is 27.9 Å². The highest BCUT2D eigenvalue weighted by Gasteiger charge is 2.38. The number of rotatable bonds is 6. The predicted octanol–water partition coefficient (Wildman–Crippen LogP) is 3.62. The van der Waals surface area contributed by atoms with Gasteiger partial charge in [-0.1, -0.05) is 17.7 Å². The first kappa shape index (κ1) is 21.3. The highest BCUT2D eigenvalue weighted by molar-refractivity contribution is 7.89. The zero-order chi connectivity index (χ0) is 22.2. The number of aryl methyl sites for hydroxylation is 1. The van der Waals surface area contributed by atoms with E-state index in [0.717, 1.165) is 16.8 Å². The van der Waals surface area contributed by atoms with Crippen molar-refractivity contribution in [1.82, 2.24) is 8.87 Å². The molecule has 164 valence electrons. The molecule has 0 amide bonds. The summed E-state index contributed by atoms with van der Waals surface area (Å²) in [6, 6.07) is 13.9. The topological polar surface area (TPSA) is 70.0 Å². The van der Waals surface area contributed by atoms with Crippen LogP contribution < -0.4 is 14.2 Å². The first-order chi connectivity index (χ1) is 14.9. The largest absolute Gasteiger partial charge is 0.493 e. The van der Waals surface area contributed by atoms with Crippen molar-refractivity contribution in [1.29, 1.82) is 0 Å². The third kappa shape index (κ3) is 3.66. The average Bonchev–Trinajstić information content (AvgIpc) is 3.26. The van der Waals surface area contributed by atoms with Crippen LogP contribution in [0.1, 0.15) is 22.9 Å². The molecule has 3 aromatic rings. The Morgan fingerprint density at radius 3 is 2.13 bits per heavy atom. The number of methoxy groups -OCH3 is 3. The Labute approximate surface area is 182 Å². The first-order valence-corrected chi connectivity index (χ1v) is 11.4. The highest BCUT2D eigenvalue weighted by atomic mass is 32.2. The number of ether oxygens (including phenoxy) is 3. The average molecular weight is 443 g/mol. The van der Waals surface area contributed by atoms with Gasteiger partial charge in [0.05, 0.1) is 32.3 Å². The quantitative estimate of drug-likeness (QED) is 0.583. The second-order valence-corrected chi connectivity index (χ2v) is 9.31. The lowest BCUT2D eigenvalue weighted by Crippen LogP contribution is -2.42. The molecule has 0 saturated heterocycles. The van der Waals surface area contributed by atoms with E-state index in [1.165, 1.54) is 0 Å². The lowest BCUT2D eigenvalue weighted by molar-refractivity contribution is 0.293. The number of hydrogen-bond donors (Lipinski definition) is 0. The summed E-state index contributed by atoms with van der Waals surface area (Å²) in [6.45, 7) is 2.86. The standard InChI is InChI=1S/C23H26N2O5S/c1-16-7-9-18(10-8-16)31(26,27)25-13-12-24-11-5-6-19(24)22(25)17-14-20(28-2)23(30-4)21(15-17)29-3/h5-11,14-15,22H,12-13H2,1-4H3/t22-/m0/s1. The molecule has 1 aromatic heterocycles. The van der Waals surface area contributed by atoms with E-state index in [9.17, 15) is 8.42 Å². The summed E-state index contributed by atoms with van der Waals surface area (Å²) < 4.78 is 47.5. The maximum Gasteiger partial charge on any atom is 0.244 e. The van der Waals surface area contributed by atoms with Crippen molar-refractivity contribution in [2.45, 2.75) is 24.4 Å². The summed E-state index contributed by atoms with van der Waals surface area (Å²) in [4.78, 5) is 0.274. The molecule has 0 radical (unpaired) electrons. The van der Waals surface area contributed by atoms with Gasteiger partial charge >= 0.3 is 0 Å². The van der Waals surface area contributed by atoms with Crippen molar-refractivity contribution in [3.05, 3.63) is 71.5 Å². The second-order valence-electron chi connectivity index (χ2n) is 7.42. The SMILES string of the molecule is COc1cc([C@H]2c3cccn3CCN2S(=O)(=O)c2ccc(C)cc2)cc(OC)c1OC. The number of aromatic nitrogens is 1. The summed E-state index contributed by atoms with van der Waals surface area (Å²) in [5, 5.41) is 0. The van der Waals surface area contributed by atoms with E-state index in [0.29, 0.717) is 30.3 Å². The third-order valence-electron chi connectivity index (χ3n) is 5.62. The van der Waals surface area contributed by atoms with E-state index >= 15 is 0 Å². The maximum absolute atomic E-state index is 13.7. The van der Waals surface area contributed by atoms with Crippen LogP contribution in [0.15, 0.2) is 59.6 Å². The fourth-order valence-corrected chi connectivity index (χ4v) is 5.64. The zero-order valence-electron chi connectivity index (χ0n) is 18.0. The minimum absolute atomic E-state index is 0.274. The van der Waals surface area contributed by atoms with Crippen molar-refractivity contribution in [3.8, 4) is 17.2 Å². The lowest BCUT2D eigenvalue weighted by atomic mass is 10.0. The van der Waals surface area contributed by atoms with Crippen molar-refractivity contribution in [3.63, 3.8) is 0 Å². The summed E-state index contributed by atoms with van der Waals surface area (Å²) >= 11 is 0. The Kier molecular flexibility index (Phi) is 5.68. The molecular weight excluding hydrogens is 416 g/mol. The zero-order valence-corrected chi connectivity index (χ0v) is 18.8. The van der Waals surface area contributed by atoms with Crippen LogP contribution in [0.5, 0.6) is 17.2 Å². The predicted molar refractivity (Wildman–Crippen MR) is 117 cm³/mol. The van der Waals surface area contributed by atoms with Crippen molar-refractivity contribution < 1.29 is 22.6 Å². The summed E-state index contributed by atoms with van der Waals surface area (Å²) in [7, 11) is 0.891. The molecule has 0 N–H and O–H groups in total. The Morgan fingerprint density at radius 2 is 1.55 bits per heavy atom. The van der Waals surface area contributed by atoms with Gasteiger partial charge in [0.1, 0.15) is 0 Å². The number of fused-ring (bicyclic) bond motifs is 1. The Morgan fingerprint density at radius 1 is 0.903 bits per heavy atom. The van der Waals surface area contributed by atoms with Crippen LogP contribution in [-0.2, 0) is 16.6 Å². The molecule has 1 atom stereocenters. The van der Waals surface area contributed by atoms with Gasteiger partial charge < -0.3 is 18.8 Å². The molecule has 1 aliphatic heterocycles. The van der Waals surface area contributed by atoms with Gasteiger partial charge in [-0.3, -0.25) is 0 Å². The fourth-order valence-electron chi connectivity index (χ4n) is 4.06. The van der Waals surface area contributed by atoms with Gasteiger partial charge in [0, 0.05) is 25.0 Å². The molecule has 2 aromatic carbocycles. The van der Waals surface area contributed by atoms with E-state index in [4.69, 9.17) is 14.2 Å². The van der Waals surface area contributed by atoms with E-state index in [1.807, 2.05) is 49.5 Å². The Hall–Kier alpha value is -2.97. The number of benzene rings is 2. The van der Waals surface area contributed by atoms with Crippen LogP contribution in [0.2, 0.25) is 0 Å². The van der Waals surface area contributed by atoms with Gasteiger partial charge in [-0.2, -0.15) is 4.31 Å². The molecule has 0 aliphatic carbocycles. The van der Waals surface area contributed by atoms with Gasteiger partial charge in [0.15, 0.2) is 11.5 Å². The van der Waals surface area contributed by atoms with Gasteiger partial charge in [-0.25, -0.2) is 8.42 Å². The van der Waals surface area contributed by atoms with Crippen LogP contribution in [0, 0.1) is 6.92 Å².